The van der Waals surface area contributed by atoms with Gasteiger partial charge in [0.1, 0.15) is 0 Å². The Balaban J connectivity index is 1.30. The molecular weight excluding hydrogens is 567 g/mol. The van der Waals surface area contributed by atoms with E-state index in [4.69, 9.17) is 0 Å². The Hall–Kier alpha value is -6.18. The lowest BCUT2D eigenvalue weighted by Gasteiger charge is -2.29. The van der Waals surface area contributed by atoms with Crippen LogP contribution in [0.5, 0.6) is 0 Å². The van der Waals surface area contributed by atoms with Gasteiger partial charge in [-0.05, 0) is 96.2 Å². The summed E-state index contributed by atoms with van der Waals surface area (Å²) in [6.45, 7) is 0. The maximum absolute atomic E-state index is 2.40. The molecule has 9 aromatic rings. The number of hydrogen-bond donors (Lipinski definition) is 0. The molecule has 0 atom stereocenters. The van der Waals surface area contributed by atoms with Crippen LogP contribution >= 0.6 is 0 Å². The monoisotopic (exact) mass is 597 g/mol. The maximum atomic E-state index is 2.40. The number of benzene rings is 9. The molecule has 0 aliphatic heterocycles. The normalized spacial score (nSPS) is 11.4. The summed E-state index contributed by atoms with van der Waals surface area (Å²) in [6.07, 6.45) is 0. The molecule has 0 aromatic heterocycles. The average Bonchev–Trinajstić information content (AvgIpc) is 3.15. The number of hydrogen-bond acceptors (Lipinski definition) is 1. The van der Waals surface area contributed by atoms with E-state index in [1.54, 1.807) is 0 Å². The fourth-order valence-corrected chi connectivity index (χ4v) is 7.18. The van der Waals surface area contributed by atoms with Crippen LogP contribution < -0.4 is 4.90 Å². The predicted molar refractivity (Wildman–Crippen MR) is 202 cm³/mol. The van der Waals surface area contributed by atoms with Gasteiger partial charge in [0.15, 0.2) is 0 Å². The van der Waals surface area contributed by atoms with Crippen LogP contribution in [0.3, 0.4) is 0 Å². The zero-order valence-electron chi connectivity index (χ0n) is 25.8. The Kier molecular flexibility index (Phi) is 6.54. The molecule has 0 saturated heterocycles. The number of rotatable bonds is 5. The number of anilines is 3. The summed E-state index contributed by atoms with van der Waals surface area (Å²) in [5, 5.41) is 10.1. The van der Waals surface area contributed by atoms with E-state index in [1.807, 2.05) is 0 Å². The van der Waals surface area contributed by atoms with E-state index in [1.165, 1.54) is 65.3 Å². The molecule has 0 aliphatic carbocycles. The van der Waals surface area contributed by atoms with E-state index in [9.17, 15) is 0 Å². The quantitative estimate of drug-likeness (QED) is 0.178. The first-order valence-electron chi connectivity index (χ1n) is 16.2. The van der Waals surface area contributed by atoms with Crippen molar-refractivity contribution < 1.29 is 0 Å². The van der Waals surface area contributed by atoms with Gasteiger partial charge in [0.05, 0.1) is 5.69 Å². The van der Waals surface area contributed by atoms with Crippen molar-refractivity contribution in [1.29, 1.82) is 0 Å². The van der Waals surface area contributed by atoms with E-state index in [-0.39, 0.29) is 0 Å². The number of nitrogens with zero attached hydrogens (tertiary/aromatic N) is 1. The third kappa shape index (κ3) is 4.72. The molecule has 0 fully saturated rings. The topological polar surface area (TPSA) is 3.24 Å². The highest BCUT2D eigenvalue weighted by Crippen LogP contribution is 2.44. The van der Waals surface area contributed by atoms with Gasteiger partial charge in [-0.1, -0.05) is 152 Å². The first-order valence-corrected chi connectivity index (χ1v) is 16.2. The summed E-state index contributed by atoms with van der Waals surface area (Å²) < 4.78 is 0. The highest BCUT2D eigenvalue weighted by Gasteiger charge is 2.19. The van der Waals surface area contributed by atoms with E-state index >= 15 is 0 Å². The summed E-state index contributed by atoms with van der Waals surface area (Å²) in [6, 6.07) is 68.3. The molecule has 0 bridgehead atoms. The fraction of sp³-hybridized carbons (Fsp3) is 0. The summed E-state index contributed by atoms with van der Waals surface area (Å²) in [4.78, 5) is 2.40. The summed E-state index contributed by atoms with van der Waals surface area (Å²) >= 11 is 0. The van der Waals surface area contributed by atoms with Crippen molar-refractivity contribution in [3.8, 4) is 22.3 Å². The van der Waals surface area contributed by atoms with Crippen LogP contribution in [0.1, 0.15) is 0 Å². The average molecular weight is 598 g/mol. The van der Waals surface area contributed by atoms with Gasteiger partial charge in [-0.3, -0.25) is 0 Å². The minimum absolute atomic E-state index is 1.12. The van der Waals surface area contributed by atoms with Crippen molar-refractivity contribution >= 4 is 60.2 Å². The molecule has 9 aromatic carbocycles. The molecule has 0 heterocycles. The molecular formula is C46H31N. The molecule has 1 heteroatoms. The van der Waals surface area contributed by atoms with Crippen molar-refractivity contribution in [3.05, 3.63) is 188 Å². The van der Waals surface area contributed by atoms with Crippen molar-refractivity contribution in [2.75, 3.05) is 4.90 Å². The van der Waals surface area contributed by atoms with E-state index in [2.05, 4.69) is 193 Å². The fourth-order valence-electron chi connectivity index (χ4n) is 7.18. The second-order valence-corrected chi connectivity index (χ2v) is 12.2. The molecule has 0 unspecified atom stereocenters. The van der Waals surface area contributed by atoms with Gasteiger partial charge in [-0.25, -0.2) is 0 Å². The zero-order valence-corrected chi connectivity index (χ0v) is 25.8. The standard InChI is InChI=1S/C46H31N/c1-3-13-32(14-4-1)41-21-11-12-22-46(41)47(37-17-5-2-6-18-37)38-29-35-16-8-10-20-40(35)45(31-38)36-24-23-34-26-27-42-39-19-9-7-15-33(39)25-28-43(42)44(34)30-36/h1-31H. The number of para-hydroxylation sites is 2. The van der Waals surface area contributed by atoms with Crippen molar-refractivity contribution in [2.45, 2.75) is 0 Å². The van der Waals surface area contributed by atoms with Gasteiger partial charge in [0.2, 0.25) is 0 Å². The van der Waals surface area contributed by atoms with Gasteiger partial charge < -0.3 is 4.90 Å². The summed E-state index contributed by atoms with van der Waals surface area (Å²) in [5.41, 5.74) is 8.19. The smallest absolute Gasteiger partial charge is 0.0540 e. The molecule has 9 rings (SSSR count). The maximum Gasteiger partial charge on any atom is 0.0540 e. The van der Waals surface area contributed by atoms with Crippen LogP contribution in [0.25, 0.3) is 65.3 Å². The molecule has 220 valence electrons. The third-order valence-corrected chi connectivity index (χ3v) is 9.40. The summed E-state index contributed by atoms with van der Waals surface area (Å²) in [7, 11) is 0. The van der Waals surface area contributed by atoms with Crippen LogP contribution in [-0.4, -0.2) is 0 Å². The van der Waals surface area contributed by atoms with Crippen molar-refractivity contribution in [3.63, 3.8) is 0 Å². The predicted octanol–water partition coefficient (Wildman–Crippen LogP) is 13.1. The van der Waals surface area contributed by atoms with E-state index in [0.29, 0.717) is 0 Å². The number of fused-ring (bicyclic) bond motifs is 6. The highest BCUT2D eigenvalue weighted by molar-refractivity contribution is 6.18. The van der Waals surface area contributed by atoms with Gasteiger partial charge in [-0.15, -0.1) is 0 Å². The second kappa shape index (κ2) is 11.3. The Labute approximate surface area is 274 Å². The van der Waals surface area contributed by atoms with Crippen molar-refractivity contribution in [2.24, 2.45) is 0 Å². The van der Waals surface area contributed by atoms with Crippen LogP contribution in [0.2, 0.25) is 0 Å². The van der Waals surface area contributed by atoms with Gasteiger partial charge in [0.25, 0.3) is 0 Å². The van der Waals surface area contributed by atoms with Gasteiger partial charge in [-0.2, -0.15) is 0 Å². The van der Waals surface area contributed by atoms with Crippen LogP contribution in [0.4, 0.5) is 17.1 Å². The first-order chi connectivity index (χ1) is 23.3. The Morgan fingerprint density at radius 3 is 1.68 bits per heavy atom. The minimum Gasteiger partial charge on any atom is -0.310 e. The Morgan fingerprint density at radius 2 is 0.872 bits per heavy atom. The molecule has 1 nitrogen and oxygen atoms in total. The lowest BCUT2D eigenvalue weighted by molar-refractivity contribution is 1.29. The molecule has 0 aliphatic rings. The highest BCUT2D eigenvalue weighted by atomic mass is 15.1. The van der Waals surface area contributed by atoms with E-state index < -0.39 is 0 Å². The summed E-state index contributed by atoms with van der Waals surface area (Å²) in [5.74, 6) is 0. The molecule has 0 saturated carbocycles. The lowest BCUT2D eigenvalue weighted by atomic mass is 9.92. The molecule has 0 radical (unpaired) electrons. The lowest BCUT2D eigenvalue weighted by Crippen LogP contribution is -2.11. The zero-order chi connectivity index (χ0) is 31.2. The van der Waals surface area contributed by atoms with Crippen LogP contribution in [-0.2, 0) is 0 Å². The SMILES string of the molecule is c1ccc(-c2ccccc2N(c2ccccc2)c2cc(-c3ccc4ccc5c6ccccc6ccc5c4c3)c3ccccc3c2)cc1. The molecule has 0 amide bonds. The molecule has 0 spiro atoms. The molecule has 47 heavy (non-hydrogen) atoms. The largest absolute Gasteiger partial charge is 0.310 e. The Bertz CT molecular complexity index is 2570. The first kappa shape index (κ1) is 27.2. The second-order valence-electron chi connectivity index (χ2n) is 12.2. The third-order valence-electron chi connectivity index (χ3n) is 9.40. The van der Waals surface area contributed by atoms with Crippen molar-refractivity contribution in [1.82, 2.24) is 0 Å². The van der Waals surface area contributed by atoms with E-state index in [0.717, 1.165) is 17.1 Å². The van der Waals surface area contributed by atoms with Crippen LogP contribution in [0, 0.1) is 0 Å². The Morgan fingerprint density at radius 1 is 0.277 bits per heavy atom. The minimum atomic E-state index is 1.12. The van der Waals surface area contributed by atoms with Gasteiger partial charge in [0, 0.05) is 16.9 Å². The van der Waals surface area contributed by atoms with Gasteiger partial charge >= 0.3 is 0 Å². The molecule has 0 N–H and O–H groups in total. The van der Waals surface area contributed by atoms with Crippen LogP contribution in [0.15, 0.2) is 188 Å².